The summed E-state index contributed by atoms with van der Waals surface area (Å²) in [5.74, 6) is 0.346. The molecule has 0 aliphatic heterocycles. The van der Waals surface area contributed by atoms with Crippen LogP contribution in [0.2, 0.25) is 0 Å². The Balaban J connectivity index is 1.45. The summed E-state index contributed by atoms with van der Waals surface area (Å²) in [6, 6.07) is 9.22. The molecule has 1 amide bonds. The van der Waals surface area contributed by atoms with Crippen LogP contribution in [0.4, 0.5) is 0 Å². The number of nitrogens with one attached hydrogen (secondary N) is 1. The van der Waals surface area contributed by atoms with Gasteiger partial charge in [0.1, 0.15) is 5.58 Å². The van der Waals surface area contributed by atoms with Crippen LogP contribution in [-0.4, -0.2) is 32.9 Å². The topological polar surface area (TPSA) is 80.3 Å². The summed E-state index contributed by atoms with van der Waals surface area (Å²) >= 11 is 0. The summed E-state index contributed by atoms with van der Waals surface area (Å²) in [6.07, 6.45) is 4.50. The monoisotopic (exact) mass is 339 g/mol. The first-order valence-electron chi connectivity index (χ1n) is 8.56. The van der Waals surface area contributed by atoms with E-state index in [9.17, 15) is 9.90 Å². The fourth-order valence-electron chi connectivity index (χ4n) is 3.72. The van der Waals surface area contributed by atoms with Gasteiger partial charge in [-0.05, 0) is 37.8 Å². The molecule has 1 aromatic carbocycles. The molecule has 2 N–H and O–H groups in total. The molecule has 6 heteroatoms. The van der Waals surface area contributed by atoms with Crippen molar-refractivity contribution in [3.8, 4) is 0 Å². The second-order valence-corrected chi connectivity index (χ2v) is 6.77. The number of aliphatic hydroxyl groups is 1. The maximum Gasteiger partial charge on any atom is 0.287 e. The minimum absolute atomic E-state index is 0.263. The highest BCUT2D eigenvalue weighted by Crippen LogP contribution is 2.29. The van der Waals surface area contributed by atoms with Crippen molar-refractivity contribution >= 4 is 16.9 Å². The molecule has 2 heterocycles. The molecule has 4 rings (SSSR count). The van der Waals surface area contributed by atoms with Crippen LogP contribution in [0.25, 0.3) is 11.0 Å². The first kappa shape index (κ1) is 15.9. The fraction of sp³-hybridized carbons (Fsp3) is 0.368. The van der Waals surface area contributed by atoms with E-state index in [2.05, 4.69) is 10.4 Å². The molecular weight excluding hydrogens is 318 g/mol. The van der Waals surface area contributed by atoms with Crippen molar-refractivity contribution in [2.24, 2.45) is 5.92 Å². The Labute approximate surface area is 145 Å². The lowest BCUT2D eigenvalue weighted by atomic mass is 10.1. The molecule has 0 radical (unpaired) electrons. The van der Waals surface area contributed by atoms with Crippen molar-refractivity contribution in [1.29, 1.82) is 0 Å². The first-order valence-corrected chi connectivity index (χ1v) is 8.56. The number of benzene rings is 1. The Morgan fingerprint density at radius 2 is 2.20 bits per heavy atom. The van der Waals surface area contributed by atoms with E-state index in [0.717, 1.165) is 23.9 Å². The van der Waals surface area contributed by atoms with E-state index in [1.54, 1.807) is 6.20 Å². The molecule has 0 saturated heterocycles. The quantitative estimate of drug-likeness (QED) is 0.765. The zero-order chi connectivity index (χ0) is 17.4. The molecular formula is C19H21N3O3. The Morgan fingerprint density at radius 1 is 1.36 bits per heavy atom. The third kappa shape index (κ3) is 3.05. The van der Waals surface area contributed by atoms with Crippen molar-refractivity contribution in [3.63, 3.8) is 0 Å². The minimum Gasteiger partial charge on any atom is -0.451 e. The molecule has 0 bridgehead atoms. The number of fused-ring (bicyclic) bond motifs is 1. The highest BCUT2D eigenvalue weighted by molar-refractivity contribution is 5.99. The molecule has 2 aromatic heterocycles. The number of aryl methyl sites for hydroxylation is 1. The van der Waals surface area contributed by atoms with Crippen molar-refractivity contribution in [2.75, 3.05) is 0 Å². The molecule has 0 spiro atoms. The van der Waals surface area contributed by atoms with Crippen LogP contribution in [0.5, 0.6) is 0 Å². The zero-order valence-electron chi connectivity index (χ0n) is 14.1. The number of rotatable bonds is 4. The summed E-state index contributed by atoms with van der Waals surface area (Å²) in [5.41, 5.74) is 1.53. The number of furan rings is 1. The Bertz CT molecular complexity index is 885. The van der Waals surface area contributed by atoms with Crippen molar-refractivity contribution in [1.82, 2.24) is 15.1 Å². The van der Waals surface area contributed by atoms with Crippen LogP contribution in [-0.2, 0) is 6.54 Å². The van der Waals surface area contributed by atoms with E-state index in [0.29, 0.717) is 17.8 Å². The zero-order valence-corrected chi connectivity index (χ0v) is 14.1. The van der Waals surface area contributed by atoms with Crippen LogP contribution in [0.15, 0.2) is 47.1 Å². The predicted molar refractivity (Wildman–Crippen MR) is 93.2 cm³/mol. The maximum absolute atomic E-state index is 12.6. The lowest BCUT2D eigenvalue weighted by molar-refractivity contribution is 0.0847. The molecule has 130 valence electrons. The fourth-order valence-corrected chi connectivity index (χ4v) is 3.72. The van der Waals surface area contributed by atoms with Gasteiger partial charge in [0.15, 0.2) is 5.76 Å². The molecule has 3 atom stereocenters. The van der Waals surface area contributed by atoms with Gasteiger partial charge in [-0.1, -0.05) is 18.2 Å². The van der Waals surface area contributed by atoms with Crippen LogP contribution in [0, 0.1) is 12.8 Å². The molecule has 1 aliphatic carbocycles. The van der Waals surface area contributed by atoms with Gasteiger partial charge < -0.3 is 14.8 Å². The molecule has 6 nitrogen and oxygen atoms in total. The van der Waals surface area contributed by atoms with Gasteiger partial charge in [-0.25, -0.2) is 0 Å². The lowest BCUT2D eigenvalue weighted by Gasteiger charge is -2.15. The van der Waals surface area contributed by atoms with Crippen LogP contribution in [0.1, 0.15) is 29.0 Å². The van der Waals surface area contributed by atoms with Gasteiger partial charge in [-0.2, -0.15) is 5.10 Å². The largest absolute Gasteiger partial charge is 0.451 e. The highest BCUT2D eigenvalue weighted by atomic mass is 16.3. The highest BCUT2D eigenvalue weighted by Gasteiger charge is 2.35. The third-order valence-electron chi connectivity index (χ3n) is 5.00. The minimum atomic E-state index is -0.547. The van der Waals surface area contributed by atoms with E-state index in [4.69, 9.17) is 4.42 Å². The lowest BCUT2D eigenvalue weighted by Crippen LogP contribution is -2.40. The third-order valence-corrected chi connectivity index (χ3v) is 5.00. The van der Waals surface area contributed by atoms with Gasteiger partial charge in [0.2, 0.25) is 0 Å². The van der Waals surface area contributed by atoms with E-state index in [1.807, 2.05) is 48.1 Å². The summed E-state index contributed by atoms with van der Waals surface area (Å²) in [6.45, 7) is 2.63. The van der Waals surface area contributed by atoms with Crippen LogP contribution in [0.3, 0.4) is 0 Å². The number of aromatic nitrogens is 2. The smallest absolute Gasteiger partial charge is 0.287 e. The first-order chi connectivity index (χ1) is 12.1. The number of amides is 1. The predicted octanol–water partition coefficient (Wildman–Crippen LogP) is 2.51. The molecule has 1 aliphatic rings. The number of carbonyl (C=O) groups is 1. The van der Waals surface area contributed by atoms with Gasteiger partial charge in [0, 0.05) is 29.9 Å². The summed E-state index contributed by atoms with van der Waals surface area (Å²) in [4.78, 5) is 12.6. The number of aliphatic hydroxyl groups excluding tert-OH is 1. The molecule has 1 unspecified atom stereocenters. The van der Waals surface area contributed by atoms with Crippen molar-refractivity contribution in [2.45, 2.75) is 38.5 Å². The second kappa shape index (κ2) is 6.37. The average molecular weight is 339 g/mol. The number of carbonyl (C=O) groups excluding carboxylic acids is 1. The van der Waals surface area contributed by atoms with Gasteiger partial charge in [0.25, 0.3) is 5.91 Å². The van der Waals surface area contributed by atoms with Crippen LogP contribution >= 0.6 is 0 Å². The summed E-state index contributed by atoms with van der Waals surface area (Å²) < 4.78 is 7.58. The number of hydrogen-bond donors (Lipinski definition) is 2. The SMILES string of the molecule is Cc1c(C(=O)N[C@@H]2CC(Cn3cccn3)C[C@H]2O)oc2ccccc12. The normalized spacial score (nSPS) is 23.2. The summed E-state index contributed by atoms with van der Waals surface area (Å²) in [7, 11) is 0. The Kier molecular flexibility index (Phi) is 4.05. The van der Waals surface area contributed by atoms with Crippen LogP contribution < -0.4 is 5.32 Å². The second-order valence-electron chi connectivity index (χ2n) is 6.77. The van der Waals surface area contributed by atoms with Crippen molar-refractivity contribution in [3.05, 3.63) is 54.0 Å². The maximum atomic E-state index is 12.6. The number of nitrogens with zero attached hydrogens (tertiary/aromatic N) is 2. The Hall–Kier alpha value is -2.60. The van der Waals surface area contributed by atoms with Gasteiger partial charge in [0.05, 0.1) is 12.1 Å². The van der Waals surface area contributed by atoms with Gasteiger partial charge in [-0.3, -0.25) is 9.48 Å². The Morgan fingerprint density at radius 3 is 2.96 bits per heavy atom. The summed E-state index contributed by atoms with van der Waals surface area (Å²) in [5, 5.41) is 18.4. The van der Waals surface area contributed by atoms with Crippen molar-refractivity contribution < 1.29 is 14.3 Å². The molecule has 1 saturated carbocycles. The molecule has 25 heavy (non-hydrogen) atoms. The number of hydrogen-bond acceptors (Lipinski definition) is 4. The van der Waals surface area contributed by atoms with E-state index < -0.39 is 6.10 Å². The van der Waals surface area contributed by atoms with E-state index >= 15 is 0 Å². The van der Waals surface area contributed by atoms with E-state index in [-0.39, 0.29) is 17.9 Å². The molecule has 3 aromatic rings. The van der Waals surface area contributed by atoms with E-state index in [1.165, 1.54) is 0 Å². The number of para-hydroxylation sites is 1. The standard InChI is InChI=1S/C19H21N3O3/c1-12-14-5-2-3-6-17(14)25-18(12)19(24)21-15-9-13(10-16(15)23)11-22-8-4-7-20-22/h2-8,13,15-16,23H,9-11H2,1H3,(H,21,24)/t13?,15-,16-/m1/s1. The van der Waals surface area contributed by atoms with Gasteiger partial charge >= 0.3 is 0 Å². The average Bonchev–Trinajstić information content (AvgIpc) is 3.30. The van der Waals surface area contributed by atoms with Gasteiger partial charge in [-0.15, -0.1) is 0 Å². The molecule has 1 fully saturated rings.